The maximum Gasteiger partial charge on any atom is 0.254 e. The Labute approximate surface area is 104 Å². The van der Waals surface area contributed by atoms with Crippen LogP contribution in [0.2, 0.25) is 0 Å². The quantitative estimate of drug-likeness (QED) is 0.796. The smallest absolute Gasteiger partial charge is 0.254 e. The molecule has 6 heteroatoms. The SMILES string of the molecule is CN(CC(=O)NC1CC1)C(=O)c1ccnc(F)c1. The van der Waals surface area contributed by atoms with Gasteiger partial charge in [-0.05, 0) is 18.9 Å². The van der Waals surface area contributed by atoms with Gasteiger partial charge in [0.1, 0.15) is 0 Å². The molecule has 0 atom stereocenters. The summed E-state index contributed by atoms with van der Waals surface area (Å²) in [5.41, 5.74) is 0.184. The molecule has 1 aromatic rings. The second-order valence-corrected chi connectivity index (χ2v) is 4.37. The minimum absolute atomic E-state index is 0.0285. The van der Waals surface area contributed by atoms with Crippen LogP contribution in [0.4, 0.5) is 4.39 Å². The van der Waals surface area contributed by atoms with Crippen LogP contribution >= 0.6 is 0 Å². The van der Waals surface area contributed by atoms with Gasteiger partial charge in [-0.3, -0.25) is 9.59 Å². The molecule has 1 fully saturated rings. The number of halogens is 1. The van der Waals surface area contributed by atoms with E-state index in [1.165, 1.54) is 24.2 Å². The molecule has 0 radical (unpaired) electrons. The predicted molar refractivity (Wildman–Crippen MR) is 62.3 cm³/mol. The molecular weight excluding hydrogens is 237 g/mol. The minimum Gasteiger partial charge on any atom is -0.352 e. The van der Waals surface area contributed by atoms with E-state index in [9.17, 15) is 14.0 Å². The highest BCUT2D eigenvalue weighted by molar-refractivity contribution is 5.96. The lowest BCUT2D eigenvalue weighted by atomic mass is 10.2. The van der Waals surface area contributed by atoms with Gasteiger partial charge in [-0.25, -0.2) is 4.98 Å². The van der Waals surface area contributed by atoms with Crippen molar-refractivity contribution in [3.63, 3.8) is 0 Å². The number of carbonyl (C=O) groups is 2. The Bertz CT molecular complexity index is 474. The van der Waals surface area contributed by atoms with Gasteiger partial charge in [-0.2, -0.15) is 4.39 Å². The molecule has 1 aromatic heterocycles. The van der Waals surface area contributed by atoms with Gasteiger partial charge in [-0.1, -0.05) is 0 Å². The fraction of sp³-hybridized carbons (Fsp3) is 0.417. The summed E-state index contributed by atoms with van der Waals surface area (Å²) in [7, 11) is 1.51. The topological polar surface area (TPSA) is 62.3 Å². The third-order valence-corrected chi connectivity index (χ3v) is 2.64. The Balaban J connectivity index is 1.93. The first-order valence-corrected chi connectivity index (χ1v) is 5.72. The van der Waals surface area contributed by atoms with Crippen LogP contribution in [0, 0.1) is 5.95 Å². The van der Waals surface area contributed by atoms with Gasteiger partial charge in [0.2, 0.25) is 11.9 Å². The Morgan fingerprint density at radius 3 is 2.89 bits per heavy atom. The summed E-state index contributed by atoms with van der Waals surface area (Å²) in [5.74, 6) is -1.30. The zero-order valence-corrected chi connectivity index (χ0v) is 10.0. The largest absolute Gasteiger partial charge is 0.352 e. The van der Waals surface area contributed by atoms with Crippen molar-refractivity contribution in [2.75, 3.05) is 13.6 Å². The zero-order valence-electron chi connectivity index (χ0n) is 10.0. The van der Waals surface area contributed by atoms with Gasteiger partial charge in [0.25, 0.3) is 5.91 Å². The number of amides is 2. The van der Waals surface area contributed by atoms with Crippen molar-refractivity contribution in [3.8, 4) is 0 Å². The molecule has 0 aromatic carbocycles. The first kappa shape index (κ1) is 12.5. The van der Waals surface area contributed by atoms with Crippen LogP contribution in [0.15, 0.2) is 18.3 Å². The highest BCUT2D eigenvalue weighted by Gasteiger charge is 2.24. The summed E-state index contributed by atoms with van der Waals surface area (Å²) in [5, 5.41) is 2.78. The fourth-order valence-corrected chi connectivity index (χ4v) is 1.54. The highest BCUT2D eigenvalue weighted by Crippen LogP contribution is 2.18. The Morgan fingerprint density at radius 1 is 1.56 bits per heavy atom. The Morgan fingerprint density at radius 2 is 2.28 bits per heavy atom. The summed E-state index contributed by atoms with van der Waals surface area (Å²) >= 11 is 0. The summed E-state index contributed by atoms with van der Waals surface area (Å²) in [6.07, 6.45) is 3.22. The maximum atomic E-state index is 12.9. The molecule has 0 spiro atoms. The standard InChI is InChI=1S/C12H14FN3O2/c1-16(7-11(17)15-9-2-3-9)12(18)8-4-5-14-10(13)6-8/h4-6,9H,2-3,7H2,1H3,(H,15,17). The van der Waals surface area contributed by atoms with E-state index in [0.717, 1.165) is 18.9 Å². The summed E-state index contributed by atoms with van der Waals surface area (Å²) in [6.45, 7) is -0.0285. The molecule has 1 saturated carbocycles. The number of pyridine rings is 1. The minimum atomic E-state index is -0.711. The molecule has 2 rings (SSSR count). The van der Waals surface area contributed by atoms with Crippen LogP contribution < -0.4 is 5.32 Å². The Kier molecular flexibility index (Phi) is 3.55. The van der Waals surface area contributed by atoms with Gasteiger partial charge >= 0.3 is 0 Å². The molecule has 1 heterocycles. The van der Waals surface area contributed by atoms with E-state index in [-0.39, 0.29) is 24.1 Å². The van der Waals surface area contributed by atoms with Crippen molar-refractivity contribution in [3.05, 3.63) is 29.8 Å². The van der Waals surface area contributed by atoms with Crippen LogP contribution in [0.1, 0.15) is 23.2 Å². The van der Waals surface area contributed by atoms with Gasteiger partial charge in [-0.15, -0.1) is 0 Å². The van der Waals surface area contributed by atoms with Gasteiger partial charge in [0, 0.05) is 30.9 Å². The zero-order chi connectivity index (χ0) is 13.1. The number of nitrogens with one attached hydrogen (secondary N) is 1. The average Bonchev–Trinajstić information content (AvgIpc) is 3.11. The molecule has 1 aliphatic rings. The lowest BCUT2D eigenvalue weighted by Crippen LogP contribution is -2.39. The number of rotatable bonds is 4. The van der Waals surface area contributed by atoms with Gasteiger partial charge < -0.3 is 10.2 Å². The fourth-order valence-electron chi connectivity index (χ4n) is 1.54. The van der Waals surface area contributed by atoms with Crippen molar-refractivity contribution in [1.82, 2.24) is 15.2 Å². The molecule has 0 bridgehead atoms. The molecular formula is C12H14FN3O2. The van der Waals surface area contributed by atoms with Crippen LogP contribution in [0.25, 0.3) is 0 Å². The average molecular weight is 251 g/mol. The van der Waals surface area contributed by atoms with Gasteiger partial charge in [0.15, 0.2) is 0 Å². The summed E-state index contributed by atoms with van der Waals surface area (Å²) in [6, 6.07) is 2.73. The van der Waals surface area contributed by atoms with Crippen LogP contribution in [-0.4, -0.2) is 41.3 Å². The lowest BCUT2D eigenvalue weighted by molar-refractivity contribution is -0.121. The monoisotopic (exact) mass is 251 g/mol. The highest BCUT2D eigenvalue weighted by atomic mass is 19.1. The molecule has 0 saturated heterocycles. The third kappa shape index (κ3) is 3.26. The number of carbonyl (C=O) groups excluding carboxylic acids is 2. The number of likely N-dealkylation sites (N-methyl/N-ethyl adjacent to an activating group) is 1. The summed E-state index contributed by atoms with van der Waals surface area (Å²) in [4.78, 5) is 28.0. The molecule has 1 N–H and O–H groups in total. The van der Waals surface area contributed by atoms with Crippen LogP contribution in [-0.2, 0) is 4.79 Å². The van der Waals surface area contributed by atoms with E-state index in [1.54, 1.807) is 0 Å². The molecule has 2 amide bonds. The van der Waals surface area contributed by atoms with E-state index in [2.05, 4.69) is 10.3 Å². The number of hydrogen-bond donors (Lipinski definition) is 1. The number of nitrogens with zero attached hydrogens (tertiary/aromatic N) is 2. The normalized spacial score (nSPS) is 14.1. The van der Waals surface area contributed by atoms with Crippen LogP contribution in [0.3, 0.4) is 0 Å². The second kappa shape index (κ2) is 5.12. The molecule has 0 aliphatic heterocycles. The summed E-state index contributed by atoms with van der Waals surface area (Å²) < 4.78 is 12.9. The molecule has 18 heavy (non-hydrogen) atoms. The van der Waals surface area contributed by atoms with E-state index < -0.39 is 11.9 Å². The lowest BCUT2D eigenvalue weighted by Gasteiger charge is -2.16. The molecule has 96 valence electrons. The van der Waals surface area contributed by atoms with E-state index in [1.807, 2.05) is 0 Å². The third-order valence-electron chi connectivity index (χ3n) is 2.64. The maximum absolute atomic E-state index is 12.9. The van der Waals surface area contributed by atoms with Gasteiger partial charge in [0.05, 0.1) is 6.54 Å². The molecule has 0 unspecified atom stereocenters. The first-order valence-electron chi connectivity index (χ1n) is 5.72. The molecule has 1 aliphatic carbocycles. The van der Waals surface area contributed by atoms with Crippen molar-refractivity contribution in [2.45, 2.75) is 18.9 Å². The molecule has 5 nitrogen and oxygen atoms in total. The van der Waals surface area contributed by atoms with E-state index in [0.29, 0.717) is 0 Å². The predicted octanol–water partition coefficient (Wildman–Crippen LogP) is 0.571. The Hall–Kier alpha value is -1.98. The second-order valence-electron chi connectivity index (χ2n) is 4.37. The number of aromatic nitrogens is 1. The van der Waals surface area contributed by atoms with Crippen molar-refractivity contribution in [2.24, 2.45) is 0 Å². The van der Waals surface area contributed by atoms with Crippen molar-refractivity contribution >= 4 is 11.8 Å². The van der Waals surface area contributed by atoms with Crippen LogP contribution in [0.5, 0.6) is 0 Å². The van der Waals surface area contributed by atoms with E-state index in [4.69, 9.17) is 0 Å². The number of hydrogen-bond acceptors (Lipinski definition) is 3. The van der Waals surface area contributed by atoms with E-state index >= 15 is 0 Å². The van der Waals surface area contributed by atoms with Crippen molar-refractivity contribution in [1.29, 1.82) is 0 Å². The first-order chi connectivity index (χ1) is 8.56. The van der Waals surface area contributed by atoms with Crippen molar-refractivity contribution < 1.29 is 14.0 Å².